The van der Waals surface area contributed by atoms with E-state index in [1.54, 1.807) is 0 Å². The molecule has 0 radical (unpaired) electrons. The van der Waals surface area contributed by atoms with Crippen molar-refractivity contribution in [2.45, 2.75) is 212 Å². The first-order valence-corrected chi connectivity index (χ1v) is 18.6. The summed E-state index contributed by atoms with van der Waals surface area (Å²) < 4.78 is 0. The van der Waals surface area contributed by atoms with Gasteiger partial charge in [0, 0.05) is 25.8 Å². The molecule has 0 saturated carbocycles. The van der Waals surface area contributed by atoms with E-state index in [9.17, 15) is 24.6 Å². The quantitative estimate of drug-likeness (QED) is 0.0626. The summed E-state index contributed by atoms with van der Waals surface area (Å²) in [6.07, 6.45) is 30.6. The van der Waals surface area contributed by atoms with Gasteiger partial charge in [-0.3, -0.25) is 9.59 Å². The third-order valence-corrected chi connectivity index (χ3v) is 9.50. The average Bonchev–Trinajstić information content (AvgIpc) is 3.36. The highest BCUT2D eigenvalue weighted by Gasteiger charge is 2.57. The van der Waals surface area contributed by atoms with E-state index < -0.39 is 23.4 Å². The number of carboxylic acid groups (broad SMARTS) is 1. The maximum atomic E-state index is 13.3. The zero-order valence-corrected chi connectivity index (χ0v) is 28.4. The monoisotopic (exact) mass is 608 g/mol. The average molecular weight is 608 g/mol. The molecule has 0 unspecified atom stereocenters. The summed E-state index contributed by atoms with van der Waals surface area (Å²) in [6, 6.07) is 0. The van der Waals surface area contributed by atoms with E-state index in [0.29, 0.717) is 12.8 Å². The van der Waals surface area contributed by atoms with Gasteiger partial charge in [0.2, 0.25) is 11.4 Å². The number of hydrogen-bond donors (Lipinski definition) is 2. The van der Waals surface area contributed by atoms with Gasteiger partial charge in [0.1, 0.15) is 0 Å². The van der Waals surface area contributed by atoms with Gasteiger partial charge in [0.25, 0.3) is 0 Å². The van der Waals surface area contributed by atoms with E-state index in [1.165, 1.54) is 127 Å². The Morgan fingerprint density at radius 1 is 0.558 bits per heavy atom. The molecule has 1 rings (SSSR count). The molecule has 6 heteroatoms. The Kier molecular flexibility index (Phi) is 23.8. The summed E-state index contributed by atoms with van der Waals surface area (Å²) in [5.74, 6) is -2.01. The summed E-state index contributed by atoms with van der Waals surface area (Å²) in [4.78, 5) is 40.0. The smallest absolute Gasteiger partial charge is 0.337 e. The number of amides is 1. The molecule has 0 aromatic heterocycles. The van der Waals surface area contributed by atoms with Gasteiger partial charge in [-0.15, -0.1) is 0 Å². The summed E-state index contributed by atoms with van der Waals surface area (Å²) in [5, 5.41) is 20.5. The summed E-state index contributed by atoms with van der Waals surface area (Å²) in [5.41, 5.74) is -1.90. The number of hydrogen-bond acceptors (Lipinski definition) is 4. The Bertz CT molecular complexity index is 726. The zero-order valence-electron chi connectivity index (χ0n) is 28.4. The summed E-state index contributed by atoms with van der Waals surface area (Å²) >= 11 is 0. The highest BCUT2D eigenvalue weighted by molar-refractivity contribution is 6.10. The fraction of sp³-hybridized carbons (Fsp3) is 0.919. The molecule has 0 aromatic carbocycles. The van der Waals surface area contributed by atoms with Crippen LogP contribution < -0.4 is 0 Å². The Hall–Kier alpha value is -1.43. The number of Topliss-reactive ketones (excluding diaryl/α,β-unsaturated/α-hetero) is 1. The van der Waals surface area contributed by atoms with Crippen LogP contribution in [0.1, 0.15) is 200 Å². The van der Waals surface area contributed by atoms with Crippen molar-refractivity contribution in [3.8, 4) is 0 Å². The number of aliphatic hydroxyl groups excluding tert-OH is 1. The van der Waals surface area contributed by atoms with Gasteiger partial charge in [-0.1, -0.05) is 168 Å². The largest absolute Gasteiger partial charge is 0.479 e. The SMILES string of the molecule is CCCCCCCCCCCCCCCC(=O)N1C[C@H](O)C[C@]1(C(=O)O)C(=O)CCCCCCCCCCCCCCC. The predicted molar refractivity (Wildman–Crippen MR) is 178 cm³/mol. The maximum Gasteiger partial charge on any atom is 0.337 e. The summed E-state index contributed by atoms with van der Waals surface area (Å²) in [7, 11) is 0. The van der Waals surface area contributed by atoms with Crippen LogP contribution >= 0.6 is 0 Å². The number of aliphatic hydroxyl groups is 1. The highest BCUT2D eigenvalue weighted by atomic mass is 16.4. The van der Waals surface area contributed by atoms with Crippen LogP contribution in [0.5, 0.6) is 0 Å². The lowest BCUT2D eigenvalue weighted by Gasteiger charge is -2.33. The molecule has 0 spiro atoms. The molecule has 2 atom stereocenters. The highest BCUT2D eigenvalue weighted by Crippen LogP contribution is 2.34. The van der Waals surface area contributed by atoms with Crippen molar-refractivity contribution in [3.63, 3.8) is 0 Å². The Labute approximate surface area is 265 Å². The predicted octanol–water partition coefficient (Wildman–Crippen LogP) is 9.93. The number of carbonyl (C=O) groups is 3. The Morgan fingerprint density at radius 2 is 0.884 bits per heavy atom. The number of likely N-dealkylation sites (tertiary alicyclic amines) is 1. The van der Waals surface area contributed by atoms with Crippen LogP contribution in [0.4, 0.5) is 0 Å². The number of β-amino-alcohol motifs (C(OH)–C–C–N with tert-alkyl or cyclic N) is 1. The minimum Gasteiger partial charge on any atom is -0.479 e. The van der Waals surface area contributed by atoms with E-state index in [1.807, 2.05) is 0 Å². The number of carbonyl (C=O) groups excluding carboxylic acids is 2. The number of aliphatic carboxylic acids is 1. The lowest BCUT2D eigenvalue weighted by molar-refractivity contribution is -0.162. The van der Waals surface area contributed by atoms with Crippen molar-refractivity contribution in [1.29, 1.82) is 0 Å². The molecule has 252 valence electrons. The van der Waals surface area contributed by atoms with Gasteiger partial charge < -0.3 is 15.1 Å². The van der Waals surface area contributed by atoms with Gasteiger partial charge in [0.05, 0.1) is 6.10 Å². The molecule has 0 aromatic rings. The minimum atomic E-state index is -1.90. The van der Waals surface area contributed by atoms with Crippen LogP contribution in [-0.2, 0) is 14.4 Å². The van der Waals surface area contributed by atoms with Crippen molar-refractivity contribution in [2.24, 2.45) is 0 Å². The minimum absolute atomic E-state index is 0.0616. The van der Waals surface area contributed by atoms with Crippen molar-refractivity contribution < 1.29 is 24.6 Å². The molecular formula is C37H69NO5. The molecule has 2 N–H and O–H groups in total. The Balaban J connectivity index is 2.26. The van der Waals surface area contributed by atoms with E-state index >= 15 is 0 Å². The molecule has 1 aliphatic heterocycles. The van der Waals surface area contributed by atoms with Gasteiger partial charge in [-0.2, -0.15) is 0 Å². The van der Waals surface area contributed by atoms with Crippen molar-refractivity contribution in [3.05, 3.63) is 0 Å². The molecular weight excluding hydrogens is 538 g/mol. The Morgan fingerprint density at radius 3 is 1.23 bits per heavy atom. The van der Waals surface area contributed by atoms with E-state index in [-0.39, 0.29) is 31.7 Å². The summed E-state index contributed by atoms with van der Waals surface area (Å²) in [6.45, 7) is 4.43. The first kappa shape index (κ1) is 39.6. The molecule has 0 aliphatic carbocycles. The normalized spacial score (nSPS) is 18.4. The van der Waals surface area contributed by atoms with E-state index in [4.69, 9.17) is 0 Å². The van der Waals surface area contributed by atoms with E-state index in [0.717, 1.165) is 32.1 Å². The molecule has 1 saturated heterocycles. The van der Waals surface area contributed by atoms with Crippen molar-refractivity contribution in [2.75, 3.05) is 6.54 Å². The number of ketones is 1. The second kappa shape index (κ2) is 25.9. The molecule has 43 heavy (non-hydrogen) atoms. The van der Waals surface area contributed by atoms with Crippen molar-refractivity contribution >= 4 is 17.7 Å². The van der Waals surface area contributed by atoms with Gasteiger partial charge >= 0.3 is 5.97 Å². The fourth-order valence-corrected chi connectivity index (χ4v) is 6.72. The molecule has 1 heterocycles. The van der Waals surface area contributed by atoms with Gasteiger partial charge in [0.15, 0.2) is 5.78 Å². The van der Waals surface area contributed by atoms with Crippen molar-refractivity contribution in [1.82, 2.24) is 4.90 Å². The number of unbranched alkanes of at least 4 members (excludes halogenated alkanes) is 24. The van der Waals surface area contributed by atoms with Crippen LogP contribution in [0.2, 0.25) is 0 Å². The first-order chi connectivity index (χ1) is 20.9. The topological polar surface area (TPSA) is 94.9 Å². The molecule has 1 amide bonds. The second-order valence-corrected chi connectivity index (χ2v) is 13.4. The third-order valence-electron chi connectivity index (χ3n) is 9.50. The number of rotatable bonds is 30. The van der Waals surface area contributed by atoms with Crippen LogP contribution in [0.15, 0.2) is 0 Å². The van der Waals surface area contributed by atoms with Crippen LogP contribution in [0.3, 0.4) is 0 Å². The molecule has 1 aliphatic rings. The first-order valence-electron chi connectivity index (χ1n) is 18.6. The molecule has 0 bridgehead atoms. The zero-order chi connectivity index (χ0) is 31.6. The number of carboxylic acids is 1. The fourth-order valence-electron chi connectivity index (χ4n) is 6.72. The standard InChI is InChI=1S/C37H69NO5/c1-3-5-7-9-11-13-15-17-19-21-23-25-27-29-34(40)37(36(42)43)31-33(39)32-38(37)35(41)30-28-26-24-22-20-18-16-14-12-10-8-6-4-2/h33,39H,3-32H2,1-2H3,(H,42,43)/t33-,37-/m1/s1. The van der Waals surface area contributed by atoms with E-state index in [2.05, 4.69) is 13.8 Å². The maximum absolute atomic E-state index is 13.3. The van der Waals surface area contributed by atoms with Crippen LogP contribution in [0, 0.1) is 0 Å². The third kappa shape index (κ3) is 17.0. The lowest BCUT2D eigenvalue weighted by Crippen LogP contribution is -2.58. The van der Waals surface area contributed by atoms with Crippen LogP contribution in [0.25, 0.3) is 0 Å². The van der Waals surface area contributed by atoms with Crippen LogP contribution in [-0.4, -0.2) is 51.0 Å². The molecule has 1 fully saturated rings. The second-order valence-electron chi connectivity index (χ2n) is 13.4. The lowest BCUT2D eigenvalue weighted by atomic mass is 9.86. The van der Waals surface area contributed by atoms with Gasteiger partial charge in [-0.25, -0.2) is 4.79 Å². The molecule has 6 nitrogen and oxygen atoms in total. The van der Waals surface area contributed by atoms with Gasteiger partial charge in [-0.05, 0) is 12.8 Å². The number of nitrogens with zero attached hydrogens (tertiary/aromatic N) is 1.